The van der Waals surface area contributed by atoms with E-state index >= 15 is 0 Å². The lowest BCUT2D eigenvalue weighted by atomic mass is 10.0. The Balaban J connectivity index is 2.39. The summed E-state index contributed by atoms with van der Waals surface area (Å²) in [5.41, 5.74) is 0. The Morgan fingerprint density at radius 2 is 2.00 bits per heavy atom. The van der Waals surface area contributed by atoms with Gasteiger partial charge in [-0.2, -0.15) is 0 Å². The summed E-state index contributed by atoms with van der Waals surface area (Å²) in [7, 11) is 3.41. The number of rotatable bonds is 5. The fourth-order valence-corrected chi connectivity index (χ4v) is 2.20. The number of piperidine rings is 1. The van der Waals surface area contributed by atoms with Gasteiger partial charge in [0.25, 0.3) is 0 Å². The molecule has 3 nitrogen and oxygen atoms in total. The van der Waals surface area contributed by atoms with E-state index in [4.69, 9.17) is 9.47 Å². The zero-order valence-corrected chi connectivity index (χ0v) is 9.66. The van der Waals surface area contributed by atoms with Gasteiger partial charge in [0.15, 0.2) is 6.29 Å². The van der Waals surface area contributed by atoms with E-state index in [1.165, 1.54) is 32.2 Å². The van der Waals surface area contributed by atoms with E-state index in [9.17, 15) is 0 Å². The van der Waals surface area contributed by atoms with Crippen molar-refractivity contribution in [1.29, 1.82) is 0 Å². The quantitative estimate of drug-likeness (QED) is 0.634. The van der Waals surface area contributed by atoms with E-state index in [0.717, 1.165) is 12.6 Å². The summed E-state index contributed by atoms with van der Waals surface area (Å²) in [6.45, 7) is 4.37. The molecule has 1 rings (SSSR count). The average Bonchev–Trinajstić information content (AvgIpc) is 2.26. The zero-order chi connectivity index (χ0) is 10.4. The van der Waals surface area contributed by atoms with E-state index in [1.54, 1.807) is 14.2 Å². The van der Waals surface area contributed by atoms with Gasteiger partial charge in [0.1, 0.15) is 0 Å². The molecule has 1 fully saturated rings. The van der Waals surface area contributed by atoms with Crippen LogP contribution in [0.15, 0.2) is 0 Å². The summed E-state index contributed by atoms with van der Waals surface area (Å²) in [5.74, 6) is 0. The number of likely N-dealkylation sites (tertiary alicyclic amines) is 1. The lowest BCUT2D eigenvalue weighted by Gasteiger charge is -2.36. The van der Waals surface area contributed by atoms with Crippen molar-refractivity contribution >= 4 is 0 Å². The van der Waals surface area contributed by atoms with Crippen LogP contribution >= 0.6 is 0 Å². The van der Waals surface area contributed by atoms with E-state index in [0.29, 0.717) is 0 Å². The minimum atomic E-state index is -0.0675. The van der Waals surface area contributed by atoms with Crippen LogP contribution in [0.5, 0.6) is 0 Å². The average molecular weight is 201 g/mol. The highest BCUT2D eigenvalue weighted by atomic mass is 16.7. The van der Waals surface area contributed by atoms with Crippen LogP contribution in [-0.4, -0.2) is 44.5 Å². The van der Waals surface area contributed by atoms with Crippen molar-refractivity contribution in [3.63, 3.8) is 0 Å². The number of hydrogen-bond acceptors (Lipinski definition) is 3. The molecular weight excluding hydrogens is 178 g/mol. The monoisotopic (exact) mass is 201 g/mol. The Hall–Kier alpha value is -0.120. The van der Waals surface area contributed by atoms with Crippen LogP contribution in [0.2, 0.25) is 0 Å². The normalized spacial score (nSPS) is 24.4. The molecule has 84 valence electrons. The smallest absolute Gasteiger partial charge is 0.169 e. The molecule has 0 aromatic rings. The van der Waals surface area contributed by atoms with Crippen molar-refractivity contribution in [2.45, 2.75) is 44.9 Å². The van der Waals surface area contributed by atoms with E-state index in [1.807, 2.05) is 0 Å². The molecule has 0 amide bonds. The van der Waals surface area contributed by atoms with Crippen LogP contribution in [0.1, 0.15) is 32.6 Å². The summed E-state index contributed by atoms with van der Waals surface area (Å²) < 4.78 is 10.5. The largest absolute Gasteiger partial charge is 0.355 e. The van der Waals surface area contributed by atoms with Gasteiger partial charge in [0.05, 0.1) is 0 Å². The first-order valence-corrected chi connectivity index (χ1v) is 5.61. The molecule has 0 radical (unpaired) electrons. The van der Waals surface area contributed by atoms with Gasteiger partial charge in [-0.3, -0.25) is 4.90 Å². The lowest BCUT2D eigenvalue weighted by Crippen LogP contribution is -2.44. The molecule has 3 heteroatoms. The number of hydrogen-bond donors (Lipinski definition) is 0. The molecule has 0 bridgehead atoms. The topological polar surface area (TPSA) is 21.7 Å². The lowest BCUT2D eigenvalue weighted by molar-refractivity contribution is -0.123. The Kier molecular flexibility index (Phi) is 5.45. The van der Waals surface area contributed by atoms with Gasteiger partial charge >= 0.3 is 0 Å². The number of nitrogens with zero attached hydrogens (tertiary/aromatic N) is 1. The highest BCUT2D eigenvalue weighted by Crippen LogP contribution is 2.19. The molecule has 14 heavy (non-hydrogen) atoms. The molecule has 0 aliphatic carbocycles. The van der Waals surface area contributed by atoms with E-state index in [-0.39, 0.29) is 6.29 Å². The van der Waals surface area contributed by atoms with E-state index in [2.05, 4.69) is 11.8 Å². The van der Waals surface area contributed by atoms with Crippen molar-refractivity contribution in [2.75, 3.05) is 27.3 Å². The summed E-state index contributed by atoms with van der Waals surface area (Å²) >= 11 is 0. The van der Waals surface area contributed by atoms with Crippen LogP contribution in [0.25, 0.3) is 0 Å². The van der Waals surface area contributed by atoms with Gasteiger partial charge < -0.3 is 9.47 Å². The fraction of sp³-hybridized carbons (Fsp3) is 1.00. The minimum absolute atomic E-state index is 0.0675. The zero-order valence-electron chi connectivity index (χ0n) is 9.66. The second kappa shape index (κ2) is 6.38. The Morgan fingerprint density at radius 3 is 2.57 bits per heavy atom. The standard InChI is InChI=1S/C11H23NO2/c1-4-10-7-5-6-8-12(10)9-11(13-2)14-3/h10-11H,4-9H2,1-3H3. The summed E-state index contributed by atoms with van der Waals surface area (Å²) in [5, 5.41) is 0. The van der Waals surface area contributed by atoms with Gasteiger partial charge in [0.2, 0.25) is 0 Å². The Bertz CT molecular complexity index is 148. The molecule has 1 heterocycles. The first kappa shape index (κ1) is 12.0. The number of methoxy groups -OCH3 is 2. The molecule has 0 aromatic heterocycles. The van der Waals surface area contributed by atoms with Crippen molar-refractivity contribution in [3.05, 3.63) is 0 Å². The molecule has 0 spiro atoms. The van der Waals surface area contributed by atoms with Gasteiger partial charge in [-0.25, -0.2) is 0 Å². The van der Waals surface area contributed by atoms with Crippen molar-refractivity contribution < 1.29 is 9.47 Å². The summed E-state index contributed by atoms with van der Waals surface area (Å²) in [6, 6.07) is 0.733. The third kappa shape index (κ3) is 3.23. The Labute approximate surface area is 87.4 Å². The van der Waals surface area contributed by atoms with Gasteiger partial charge in [0, 0.05) is 26.8 Å². The van der Waals surface area contributed by atoms with Crippen LogP contribution in [-0.2, 0) is 9.47 Å². The highest BCUT2D eigenvalue weighted by Gasteiger charge is 2.23. The third-order valence-corrected chi connectivity index (χ3v) is 3.13. The van der Waals surface area contributed by atoms with Crippen LogP contribution in [0.3, 0.4) is 0 Å². The first-order chi connectivity index (χ1) is 6.81. The molecule has 0 N–H and O–H groups in total. The molecule has 1 aliphatic rings. The van der Waals surface area contributed by atoms with Crippen LogP contribution in [0, 0.1) is 0 Å². The van der Waals surface area contributed by atoms with Gasteiger partial charge in [-0.05, 0) is 25.8 Å². The van der Waals surface area contributed by atoms with Gasteiger partial charge in [-0.15, -0.1) is 0 Å². The molecule has 1 saturated heterocycles. The maximum absolute atomic E-state index is 5.23. The maximum atomic E-state index is 5.23. The predicted molar refractivity (Wildman–Crippen MR) is 57.3 cm³/mol. The van der Waals surface area contributed by atoms with Crippen LogP contribution in [0.4, 0.5) is 0 Å². The predicted octanol–water partition coefficient (Wildman–Crippen LogP) is 1.87. The summed E-state index contributed by atoms with van der Waals surface area (Å²) in [4.78, 5) is 2.50. The molecule has 0 aromatic carbocycles. The fourth-order valence-electron chi connectivity index (χ4n) is 2.20. The molecular formula is C11H23NO2. The van der Waals surface area contributed by atoms with Gasteiger partial charge in [-0.1, -0.05) is 13.3 Å². The van der Waals surface area contributed by atoms with Crippen molar-refractivity contribution in [1.82, 2.24) is 4.90 Å². The molecule has 1 aliphatic heterocycles. The SMILES string of the molecule is CCC1CCCCN1CC(OC)OC. The minimum Gasteiger partial charge on any atom is -0.355 e. The molecule has 0 saturated carbocycles. The second-order valence-corrected chi connectivity index (χ2v) is 3.95. The van der Waals surface area contributed by atoms with Crippen LogP contribution < -0.4 is 0 Å². The molecule has 1 unspecified atom stereocenters. The third-order valence-electron chi connectivity index (χ3n) is 3.13. The Morgan fingerprint density at radius 1 is 1.29 bits per heavy atom. The number of ether oxygens (including phenoxy) is 2. The molecule has 1 atom stereocenters. The van der Waals surface area contributed by atoms with Crippen molar-refractivity contribution in [2.24, 2.45) is 0 Å². The second-order valence-electron chi connectivity index (χ2n) is 3.95. The van der Waals surface area contributed by atoms with Crippen molar-refractivity contribution in [3.8, 4) is 0 Å². The summed E-state index contributed by atoms with van der Waals surface area (Å²) in [6.07, 6.45) is 5.19. The highest BCUT2D eigenvalue weighted by molar-refractivity contribution is 4.76. The van der Waals surface area contributed by atoms with E-state index < -0.39 is 0 Å². The first-order valence-electron chi connectivity index (χ1n) is 5.61. The maximum Gasteiger partial charge on any atom is 0.169 e.